The van der Waals surface area contributed by atoms with Crippen molar-refractivity contribution in [3.63, 3.8) is 0 Å². The maximum atomic E-state index is 12.7. The first-order chi connectivity index (χ1) is 13.1. The smallest absolute Gasteiger partial charge is 0.267 e. The number of nitrogens with zero attached hydrogens (tertiary/aromatic N) is 4. The van der Waals surface area contributed by atoms with Crippen molar-refractivity contribution in [1.29, 1.82) is 0 Å². The van der Waals surface area contributed by atoms with Crippen LogP contribution in [0.2, 0.25) is 0 Å². The van der Waals surface area contributed by atoms with Crippen LogP contribution >= 0.6 is 0 Å². The molecule has 1 aliphatic carbocycles. The lowest BCUT2D eigenvalue weighted by atomic mass is 10.2. The lowest BCUT2D eigenvalue weighted by molar-refractivity contribution is 0.0934. The third-order valence-electron chi connectivity index (χ3n) is 4.61. The number of ether oxygens (including phenoxy) is 1. The van der Waals surface area contributed by atoms with Crippen molar-refractivity contribution in [1.82, 2.24) is 19.9 Å². The Morgan fingerprint density at radius 3 is 2.67 bits per heavy atom. The predicted octanol–water partition coefficient (Wildman–Crippen LogP) is 2.58. The fraction of sp³-hybridized carbons (Fsp3) is 0.550. The number of rotatable bonds is 10. The summed E-state index contributed by atoms with van der Waals surface area (Å²) >= 11 is 0. The van der Waals surface area contributed by atoms with E-state index in [1.165, 1.54) is 12.8 Å². The Bertz CT molecular complexity index is 750. The molecule has 1 fully saturated rings. The minimum absolute atomic E-state index is 0.0378. The number of nitrogens with one attached hydrogen (secondary N) is 1. The van der Waals surface area contributed by atoms with E-state index >= 15 is 0 Å². The first kappa shape index (κ1) is 19.4. The first-order valence-electron chi connectivity index (χ1n) is 9.64. The molecule has 0 radical (unpaired) electrons. The van der Waals surface area contributed by atoms with Gasteiger partial charge in [-0.2, -0.15) is 0 Å². The number of hydrogen-bond donors (Lipinski definition) is 1. The van der Waals surface area contributed by atoms with E-state index in [4.69, 9.17) is 4.74 Å². The molecule has 27 heavy (non-hydrogen) atoms. The maximum Gasteiger partial charge on any atom is 0.267 e. The summed E-state index contributed by atoms with van der Waals surface area (Å²) in [6.07, 6.45) is 8.95. The summed E-state index contributed by atoms with van der Waals surface area (Å²) < 4.78 is 7.39. The zero-order valence-corrected chi connectivity index (χ0v) is 16.4. The number of amides is 1. The summed E-state index contributed by atoms with van der Waals surface area (Å²) in [7, 11) is 3.82. The second-order valence-corrected chi connectivity index (χ2v) is 7.18. The van der Waals surface area contributed by atoms with E-state index in [1.54, 1.807) is 0 Å². The highest BCUT2D eigenvalue weighted by atomic mass is 16.5. The molecular formula is C20H29N5O2. The molecule has 0 aliphatic heterocycles. The Balaban J connectivity index is 1.73. The zero-order valence-electron chi connectivity index (χ0n) is 16.4. The molecule has 0 saturated heterocycles. The fourth-order valence-electron chi connectivity index (χ4n) is 2.90. The highest BCUT2D eigenvalue weighted by molar-refractivity contribution is 5.94. The minimum Gasteiger partial charge on any atom is -0.382 e. The molecule has 1 N–H and O–H groups in total. The van der Waals surface area contributed by atoms with Gasteiger partial charge < -0.3 is 19.5 Å². The van der Waals surface area contributed by atoms with Gasteiger partial charge in [0.1, 0.15) is 5.69 Å². The quantitative estimate of drug-likeness (QED) is 0.650. The van der Waals surface area contributed by atoms with E-state index < -0.39 is 0 Å². The van der Waals surface area contributed by atoms with Crippen LogP contribution in [0.25, 0.3) is 11.1 Å². The van der Waals surface area contributed by atoms with Gasteiger partial charge in [0.05, 0.1) is 0 Å². The van der Waals surface area contributed by atoms with Gasteiger partial charge >= 0.3 is 0 Å². The molecule has 2 aromatic rings. The van der Waals surface area contributed by atoms with Crippen LogP contribution in [-0.2, 0) is 11.3 Å². The summed E-state index contributed by atoms with van der Waals surface area (Å²) in [5.74, 6) is 1.31. The van der Waals surface area contributed by atoms with E-state index in [0.717, 1.165) is 24.1 Å². The Morgan fingerprint density at radius 2 is 2.04 bits per heavy atom. The van der Waals surface area contributed by atoms with Gasteiger partial charge in [0, 0.05) is 70.1 Å². The summed E-state index contributed by atoms with van der Waals surface area (Å²) in [5.41, 5.74) is 2.59. The molecule has 1 aliphatic rings. The Morgan fingerprint density at radius 1 is 1.30 bits per heavy atom. The van der Waals surface area contributed by atoms with Crippen molar-refractivity contribution < 1.29 is 9.53 Å². The van der Waals surface area contributed by atoms with Crippen molar-refractivity contribution in [2.24, 2.45) is 5.92 Å². The molecule has 0 aromatic carbocycles. The standard InChI is InChI=1S/C20H29N5O2/c1-4-27-9-5-8-21-19(26)18-10-16(14-25(18)13-15-6-7-15)17-11-22-20(23-12-17)24(2)3/h10-12,14-15H,4-9,13H2,1-3H3,(H,21,26). The number of carbonyl (C=O) groups is 1. The molecule has 0 unspecified atom stereocenters. The predicted molar refractivity (Wildman–Crippen MR) is 106 cm³/mol. The zero-order chi connectivity index (χ0) is 19.2. The SMILES string of the molecule is CCOCCCNC(=O)c1cc(-c2cnc(N(C)C)nc2)cn1CC1CC1. The molecule has 146 valence electrons. The highest BCUT2D eigenvalue weighted by Crippen LogP contribution is 2.32. The van der Waals surface area contributed by atoms with E-state index in [-0.39, 0.29) is 5.91 Å². The van der Waals surface area contributed by atoms with Crippen LogP contribution in [0.15, 0.2) is 24.7 Å². The molecule has 7 heteroatoms. The van der Waals surface area contributed by atoms with Gasteiger partial charge in [-0.3, -0.25) is 4.79 Å². The van der Waals surface area contributed by atoms with Crippen LogP contribution in [0, 0.1) is 5.92 Å². The molecular weight excluding hydrogens is 342 g/mol. The molecule has 0 bridgehead atoms. The van der Waals surface area contributed by atoms with Crippen molar-refractivity contribution >= 4 is 11.9 Å². The average molecular weight is 371 g/mol. The van der Waals surface area contributed by atoms with Crippen molar-refractivity contribution in [3.05, 3.63) is 30.4 Å². The van der Waals surface area contributed by atoms with Crippen LogP contribution in [-0.4, -0.2) is 54.3 Å². The normalized spacial score (nSPS) is 13.6. The molecule has 0 spiro atoms. The van der Waals surface area contributed by atoms with Crippen LogP contribution in [0.3, 0.4) is 0 Å². The monoisotopic (exact) mass is 371 g/mol. The van der Waals surface area contributed by atoms with Crippen LogP contribution < -0.4 is 10.2 Å². The molecule has 7 nitrogen and oxygen atoms in total. The lowest BCUT2D eigenvalue weighted by Gasteiger charge is -2.09. The number of carbonyl (C=O) groups excluding carboxylic acids is 1. The van der Waals surface area contributed by atoms with Gasteiger partial charge in [0.15, 0.2) is 0 Å². The van der Waals surface area contributed by atoms with E-state index in [2.05, 4.69) is 19.9 Å². The van der Waals surface area contributed by atoms with Crippen molar-refractivity contribution in [2.75, 3.05) is 38.8 Å². The fourth-order valence-corrected chi connectivity index (χ4v) is 2.90. The van der Waals surface area contributed by atoms with E-state index in [1.807, 2.05) is 50.6 Å². The number of hydrogen-bond acceptors (Lipinski definition) is 5. The van der Waals surface area contributed by atoms with E-state index in [9.17, 15) is 4.79 Å². The lowest BCUT2D eigenvalue weighted by Crippen LogP contribution is -2.27. The molecule has 1 saturated carbocycles. The summed E-state index contributed by atoms with van der Waals surface area (Å²) in [6.45, 7) is 4.85. The summed E-state index contributed by atoms with van der Waals surface area (Å²) in [4.78, 5) is 23.3. The van der Waals surface area contributed by atoms with Gasteiger partial charge in [-0.1, -0.05) is 0 Å². The number of aromatic nitrogens is 3. The molecule has 2 heterocycles. The first-order valence-corrected chi connectivity index (χ1v) is 9.64. The largest absolute Gasteiger partial charge is 0.382 e. The number of anilines is 1. The third kappa shape index (κ3) is 5.29. The molecule has 0 atom stereocenters. The van der Waals surface area contributed by atoms with Gasteiger partial charge in [-0.15, -0.1) is 0 Å². The Kier molecular flexibility index (Phi) is 6.45. The summed E-state index contributed by atoms with van der Waals surface area (Å²) in [6, 6.07) is 1.94. The van der Waals surface area contributed by atoms with Crippen molar-refractivity contribution in [2.45, 2.75) is 32.7 Å². The van der Waals surface area contributed by atoms with Gasteiger partial charge in [-0.05, 0) is 38.2 Å². The molecule has 2 aromatic heterocycles. The van der Waals surface area contributed by atoms with Crippen molar-refractivity contribution in [3.8, 4) is 11.1 Å². The van der Waals surface area contributed by atoms with Crippen LogP contribution in [0.5, 0.6) is 0 Å². The Hall–Kier alpha value is -2.41. The highest BCUT2D eigenvalue weighted by Gasteiger charge is 2.24. The third-order valence-corrected chi connectivity index (χ3v) is 4.61. The molecule has 1 amide bonds. The topological polar surface area (TPSA) is 72.3 Å². The average Bonchev–Trinajstić information content (AvgIpc) is 3.38. The van der Waals surface area contributed by atoms with E-state index in [0.29, 0.717) is 37.3 Å². The maximum absolute atomic E-state index is 12.7. The van der Waals surface area contributed by atoms with Crippen LogP contribution in [0.1, 0.15) is 36.7 Å². The second kappa shape index (κ2) is 8.99. The minimum atomic E-state index is -0.0378. The Labute approximate surface area is 160 Å². The second-order valence-electron chi connectivity index (χ2n) is 7.18. The molecule has 3 rings (SSSR count). The van der Waals surface area contributed by atoms with Gasteiger partial charge in [-0.25, -0.2) is 9.97 Å². The summed E-state index contributed by atoms with van der Waals surface area (Å²) in [5, 5.41) is 3.00. The van der Waals surface area contributed by atoms with Gasteiger partial charge in [0.2, 0.25) is 5.95 Å². The van der Waals surface area contributed by atoms with Gasteiger partial charge in [0.25, 0.3) is 5.91 Å². The van der Waals surface area contributed by atoms with Crippen LogP contribution in [0.4, 0.5) is 5.95 Å².